The Morgan fingerprint density at radius 3 is 3.19 bits per heavy atom. The second-order valence-electron chi connectivity index (χ2n) is 4.01. The van der Waals surface area contributed by atoms with E-state index in [-0.39, 0.29) is 11.6 Å². The van der Waals surface area contributed by atoms with E-state index in [1.807, 2.05) is 0 Å². The average molecular weight is 218 g/mol. The minimum Gasteiger partial charge on any atom is -0.493 e. The topological polar surface area (TPSA) is 71.2 Å². The van der Waals surface area contributed by atoms with E-state index >= 15 is 0 Å². The first-order valence-electron chi connectivity index (χ1n) is 5.12. The summed E-state index contributed by atoms with van der Waals surface area (Å²) in [5, 5.41) is 17.1. The van der Waals surface area contributed by atoms with Crippen LogP contribution in [-0.4, -0.2) is 24.2 Å². The first-order valence-corrected chi connectivity index (χ1v) is 5.12. The number of carboxylic acids is 1. The first-order chi connectivity index (χ1) is 7.75. The van der Waals surface area contributed by atoms with Crippen LogP contribution in [0, 0.1) is 5.92 Å². The Morgan fingerprint density at radius 1 is 1.50 bits per heavy atom. The molecule has 0 aliphatic carbocycles. The van der Waals surface area contributed by atoms with E-state index < -0.39 is 5.97 Å². The van der Waals surface area contributed by atoms with Gasteiger partial charge in [0.2, 0.25) is 0 Å². The van der Waals surface area contributed by atoms with Crippen LogP contribution in [0.3, 0.4) is 0 Å². The summed E-state index contributed by atoms with van der Waals surface area (Å²) < 4.78 is 5.54. The number of carbonyl (C=O) groups is 1. The van der Waals surface area contributed by atoms with Gasteiger partial charge in [0.15, 0.2) is 0 Å². The van der Waals surface area contributed by atoms with Crippen molar-refractivity contribution in [3.8, 4) is 5.75 Å². The largest absolute Gasteiger partial charge is 0.493 e. The molecule has 0 saturated heterocycles. The molecule has 5 nitrogen and oxygen atoms in total. The zero-order chi connectivity index (χ0) is 11.1. The summed E-state index contributed by atoms with van der Waals surface area (Å²) in [6.45, 7) is 1.26. The Labute approximate surface area is 91.8 Å². The molecule has 3 rings (SSSR count). The van der Waals surface area contributed by atoms with Gasteiger partial charge in [-0.1, -0.05) is 6.07 Å². The zero-order valence-electron chi connectivity index (χ0n) is 8.46. The van der Waals surface area contributed by atoms with Gasteiger partial charge in [-0.2, -0.15) is 10.2 Å². The Bertz CT molecular complexity index is 484. The summed E-state index contributed by atoms with van der Waals surface area (Å²) in [5.74, 6) is -0.00764. The molecule has 82 valence electrons. The third-order valence-electron chi connectivity index (χ3n) is 3.00. The van der Waals surface area contributed by atoms with Gasteiger partial charge in [0.1, 0.15) is 11.8 Å². The summed E-state index contributed by atoms with van der Waals surface area (Å²) in [6, 6.07) is 4.97. The van der Waals surface area contributed by atoms with Crippen molar-refractivity contribution in [2.45, 2.75) is 6.04 Å². The molecule has 2 atom stereocenters. The number of carboxylic acid groups (broad SMARTS) is 1. The highest BCUT2D eigenvalue weighted by Gasteiger charge is 2.34. The van der Waals surface area contributed by atoms with Crippen molar-refractivity contribution in [1.29, 1.82) is 0 Å². The van der Waals surface area contributed by atoms with E-state index in [9.17, 15) is 4.79 Å². The summed E-state index contributed by atoms with van der Waals surface area (Å²) >= 11 is 0. The van der Waals surface area contributed by atoms with E-state index in [4.69, 9.17) is 9.84 Å². The van der Waals surface area contributed by atoms with E-state index in [2.05, 4.69) is 10.2 Å². The lowest BCUT2D eigenvalue weighted by Crippen LogP contribution is -2.24. The molecule has 0 spiro atoms. The fourth-order valence-corrected chi connectivity index (χ4v) is 2.13. The molecular weight excluding hydrogens is 208 g/mol. The highest BCUT2D eigenvalue weighted by Crippen LogP contribution is 2.41. The van der Waals surface area contributed by atoms with Crippen molar-refractivity contribution >= 4 is 5.97 Å². The maximum absolute atomic E-state index is 10.8. The van der Waals surface area contributed by atoms with Gasteiger partial charge < -0.3 is 9.84 Å². The van der Waals surface area contributed by atoms with Crippen molar-refractivity contribution in [2.75, 3.05) is 13.2 Å². The number of nitrogens with zero attached hydrogens (tertiary/aromatic N) is 2. The highest BCUT2D eigenvalue weighted by atomic mass is 16.5. The van der Waals surface area contributed by atoms with Crippen molar-refractivity contribution in [3.63, 3.8) is 0 Å². The smallest absolute Gasteiger partial charge is 0.335 e. The molecule has 16 heavy (non-hydrogen) atoms. The predicted molar refractivity (Wildman–Crippen MR) is 54.9 cm³/mol. The molecule has 0 fully saturated rings. The van der Waals surface area contributed by atoms with Crippen molar-refractivity contribution in [2.24, 2.45) is 16.1 Å². The Hall–Kier alpha value is -1.91. The maximum Gasteiger partial charge on any atom is 0.335 e. The Morgan fingerprint density at radius 2 is 2.38 bits per heavy atom. The molecule has 1 aromatic rings. The predicted octanol–water partition coefficient (Wildman–Crippen LogP) is 1.90. The molecule has 2 heterocycles. The van der Waals surface area contributed by atoms with Crippen LogP contribution < -0.4 is 4.74 Å². The highest BCUT2D eigenvalue weighted by molar-refractivity contribution is 5.88. The second kappa shape index (κ2) is 3.30. The number of hydrogen-bond acceptors (Lipinski definition) is 4. The van der Waals surface area contributed by atoms with Gasteiger partial charge in [-0.3, -0.25) is 0 Å². The van der Waals surface area contributed by atoms with Gasteiger partial charge >= 0.3 is 5.97 Å². The molecule has 0 saturated carbocycles. The SMILES string of the molecule is O=C(O)c1ccc2c(c1)OCC1CN=NC21. The number of aromatic carboxylic acids is 1. The number of ether oxygens (including phenoxy) is 1. The molecular formula is C11H10N2O3. The van der Waals surface area contributed by atoms with E-state index in [0.29, 0.717) is 24.8 Å². The number of fused-ring (bicyclic) bond motifs is 3. The Kier molecular flexibility index (Phi) is 1.92. The van der Waals surface area contributed by atoms with Crippen LogP contribution in [0.5, 0.6) is 5.75 Å². The molecule has 0 amide bonds. The van der Waals surface area contributed by atoms with Gasteiger partial charge in [-0.25, -0.2) is 4.79 Å². The molecule has 2 aliphatic rings. The molecule has 0 radical (unpaired) electrons. The molecule has 1 N–H and O–H groups in total. The van der Waals surface area contributed by atoms with E-state index in [1.165, 1.54) is 0 Å². The third-order valence-corrected chi connectivity index (χ3v) is 3.00. The van der Waals surface area contributed by atoms with E-state index in [0.717, 1.165) is 5.56 Å². The van der Waals surface area contributed by atoms with Gasteiger partial charge in [-0.15, -0.1) is 0 Å². The number of rotatable bonds is 1. The number of benzene rings is 1. The number of hydrogen-bond donors (Lipinski definition) is 1. The molecule has 2 unspecified atom stereocenters. The third kappa shape index (κ3) is 1.28. The minimum absolute atomic E-state index is 0.0478. The second-order valence-corrected chi connectivity index (χ2v) is 4.01. The average Bonchev–Trinajstić information content (AvgIpc) is 2.76. The van der Waals surface area contributed by atoms with E-state index in [1.54, 1.807) is 18.2 Å². The quantitative estimate of drug-likeness (QED) is 0.782. The zero-order valence-corrected chi connectivity index (χ0v) is 8.46. The molecule has 5 heteroatoms. The lowest BCUT2D eigenvalue weighted by atomic mass is 9.91. The van der Waals surface area contributed by atoms with Crippen LogP contribution in [0.1, 0.15) is 22.0 Å². The van der Waals surface area contributed by atoms with Gasteiger partial charge in [0.05, 0.1) is 18.7 Å². The van der Waals surface area contributed by atoms with Crippen molar-refractivity contribution in [3.05, 3.63) is 29.3 Å². The molecule has 0 bridgehead atoms. The standard InChI is InChI=1S/C11H10N2O3/c14-11(15)6-1-2-8-9(3-6)16-5-7-4-12-13-10(7)8/h1-3,7,10H,4-5H2,(H,14,15). The summed E-state index contributed by atoms with van der Waals surface area (Å²) in [7, 11) is 0. The van der Waals surface area contributed by atoms with Crippen LogP contribution >= 0.6 is 0 Å². The minimum atomic E-state index is -0.943. The fraction of sp³-hybridized carbons (Fsp3) is 0.364. The van der Waals surface area contributed by atoms with Crippen LogP contribution in [0.4, 0.5) is 0 Å². The van der Waals surface area contributed by atoms with Gasteiger partial charge in [0.25, 0.3) is 0 Å². The van der Waals surface area contributed by atoms with Crippen LogP contribution in [0.15, 0.2) is 28.4 Å². The molecule has 2 aliphatic heterocycles. The van der Waals surface area contributed by atoms with Crippen molar-refractivity contribution < 1.29 is 14.6 Å². The van der Waals surface area contributed by atoms with Crippen LogP contribution in [-0.2, 0) is 0 Å². The summed E-state index contributed by atoms with van der Waals surface area (Å²) in [5.41, 5.74) is 1.19. The monoisotopic (exact) mass is 218 g/mol. The van der Waals surface area contributed by atoms with Crippen molar-refractivity contribution in [1.82, 2.24) is 0 Å². The normalized spacial score (nSPS) is 25.8. The summed E-state index contributed by atoms with van der Waals surface area (Å²) in [4.78, 5) is 10.8. The van der Waals surface area contributed by atoms with Crippen LogP contribution in [0.25, 0.3) is 0 Å². The van der Waals surface area contributed by atoms with Crippen LogP contribution in [0.2, 0.25) is 0 Å². The number of azo groups is 1. The first kappa shape index (κ1) is 9.33. The molecule has 1 aromatic carbocycles. The lowest BCUT2D eigenvalue weighted by Gasteiger charge is -2.26. The maximum atomic E-state index is 10.8. The fourth-order valence-electron chi connectivity index (χ4n) is 2.13. The van der Waals surface area contributed by atoms with Gasteiger partial charge in [-0.05, 0) is 12.1 Å². The Balaban J connectivity index is 2.05. The summed E-state index contributed by atoms with van der Waals surface area (Å²) in [6.07, 6.45) is 0. The molecule has 0 aromatic heterocycles. The van der Waals surface area contributed by atoms with Gasteiger partial charge in [0, 0.05) is 11.5 Å². The lowest BCUT2D eigenvalue weighted by molar-refractivity contribution is 0.0696.